The van der Waals surface area contributed by atoms with Crippen molar-refractivity contribution in [3.63, 3.8) is 0 Å². The Morgan fingerprint density at radius 3 is 2.59 bits per heavy atom. The van der Waals surface area contributed by atoms with Crippen molar-refractivity contribution >= 4 is 23.2 Å². The Balaban J connectivity index is 1.68. The highest BCUT2D eigenvalue weighted by Crippen LogP contribution is 2.37. The van der Waals surface area contributed by atoms with Gasteiger partial charge in [0.2, 0.25) is 0 Å². The molecule has 1 amide bonds. The molecule has 1 aliphatic heterocycles. The van der Waals surface area contributed by atoms with Crippen LogP contribution < -0.4 is 19.5 Å². The van der Waals surface area contributed by atoms with Gasteiger partial charge in [-0.2, -0.15) is 0 Å². The van der Waals surface area contributed by atoms with Crippen molar-refractivity contribution in [2.45, 2.75) is 33.1 Å². The molecule has 0 saturated carbocycles. The number of anilines is 1. The van der Waals surface area contributed by atoms with Crippen molar-refractivity contribution < 1.29 is 19.0 Å². The second-order valence-corrected chi connectivity index (χ2v) is 7.27. The molecular formula is C21H24ClNO4. The standard InChI is InChI=1S/C21H24ClNO4/c1-13(2)15-6-5-14(3)9-18(15)27-12-21(24)23-17-11-20-19(10-16(17)22)25-7-4-8-26-20/h5-6,9-11,13H,4,7-8,12H2,1-3H3,(H,23,24). The van der Waals surface area contributed by atoms with Crippen molar-refractivity contribution in [1.82, 2.24) is 0 Å². The Labute approximate surface area is 164 Å². The number of halogens is 1. The largest absolute Gasteiger partial charge is 0.490 e. The maximum atomic E-state index is 12.4. The van der Waals surface area contributed by atoms with Gasteiger partial charge >= 0.3 is 0 Å². The van der Waals surface area contributed by atoms with Crippen LogP contribution in [0.3, 0.4) is 0 Å². The SMILES string of the molecule is Cc1ccc(C(C)C)c(OCC(=O)Nc2cc3c(cc2Cl)OCCCO3)c1. The number of fused-ring (bicyclic) bond motifs is 1. The number of carbonyl (C=O) groups is 1. The molecule has 0 saturated heterocycles. The van der Waals surface area contributed by atoms with Crippen LogP contribution in [0.1, 0.15) is 37.3 Å². The van der Waals surface area contributed by atoms with Crippen LogP contribution in [0.15, 0.2) is 30.3 Å². The van der Waals surface area contributed by atoms with Gasteiger partial charge in [0, 0.05) is 18.6 Å². The summed E-state index contributed by atoms with van der Waals surface area (Å²) in [7, 11) is 0. The minimum absolute atomic E-state index is 0.103. The molecule has 0 fully saturated rings. The minimum Gasteiger partial charge on any atom is -0.490 e. The molecule has 27 heavy (non-hydrogen) atoms. The fourth-order valence-corrected chi connectivity index (χ4v) is 3.05. The third-order valence-electron chi connectivity index (χ3n) is 4.26. The Hall–Kier alpha value is -2.40. The highest BCUT2D eigenvalue weighted by molar-refractivity contribution is 6.34. The molecule has 0 spiro atoms. The number of amides is 1. The quantitative estimate of drug-likeness (QED) is 0.786. The molecule has 3 rings (SSSR count). The molecule has 0 radical (unpaired) electrons. The summed E-state index contributed by atoms with van der Waals surface area (Å²) in [6.45, 7) is 7.22. The first-order chi connectivity index (χ1) is 12.9. The molecule has 1 heterocycles. The van der Waals surface area contributed by atoms with Crippen LogP contribution in [0.2, 0.25) is 5.02 Å². The lowest BCUT2D eigenvalue weighted by atomic mass is 10.0. The van der Waals surface area contributed by atoms with Gasteiger partial charge in [0.15, 0.2) is 18.1 Å². The summed E-state index contributed by atoms with van der Waals surface area (Å²) >= 11 is 6.27. The van der Waals surface area contributed by atoms with Gasteiger partial charge < -0.3 is 19.5 Å². The van der Waals surface area contributed by atoms with Crippen LogP contribution in [0.5, 0.6) is 17.2 Å². The van der Waals surface area contributed by atoms with Crippen molar-refractivity contribution in [2.24, 2.45) is 0 Å². The van der Waals surface area contributed by atoms with Crippen LogP contribution in [-0.2, 0) is 4.79 Å². The predicted octanol–water partition coefficient (Wildman–Crippen LogP) is 4.95. The first kappa shape index (κ1) is 19.4. The van der Waals surface area contributed by atoms with Crippen LogP contribution in [0, 0.1) is 6.92 Å². The first-order valence-electron chi connectivity index (χ1n) is 9.06. The zero-order valence-corrected chi connectivity index (χ0v) is 16.6. The zero-order valence-electron chi connectivity index (χ0n) is 15.8. The molecule has 0 bridgehead atoms. The maximum Gasteiger partial charge on any atom is 0.262 e. The summed E-state index contributed by atoms with van der Waals surface area (Å²) in [4.78, 5) is 12.4. The molecule has 1 aliphatic rings. The van der Waals surface area contributed by atoms with Gasteiger partial charge in [-0.1, -0.05) is 37.6 Å². The molecule has 0 aliphatic carbocycles. The molecule has 0 aromatic heterocycles. The van der Waals surface area contributed by atoms with E-state index in [1.165, 1.54) is 0 Å². The molecule has 2 aromatic rings. The molecule has 144 valence electrons. The van der Waals surface area contributed by atoms with Gasteiger partial charge in [-0.15, -0.1) is 0 Å². The summed E-state index contributed by atoms with van der Waals surface area (Å²) < 4.78 is 17.0. The summed E-state index contributed by atoms with van der Waals surface area (Å²) in [6.07, 6.45) is 0.802. The predicted molar refractivity (Wildman–Crippen MR) is 106 cm³/mol. The normalized spacial score (nSPS) is 13.2. The monoisotopic (exact) mass is 389 g/mol. The average Bonchev–Trinajstić information content (AvgIpc) is 2.85. The zero-order chi connectivity index (χ0) is 19.4. The van der Waals surface area contributed by atoms with Gasteiger partial charge in [-0.3, -0.25) is 4.79 Å². The highest BCUT2D eigenvalue weighted by Gasteiger charge is 2.16. The van der Waals surface area contributed by atoms with Crippen LogP contribution >= 0.6 is 11.6 Å². The summed E-state index contributed by atoms with van der Waals surface area (Å²) in [5.41, 5.74) is 2.63. The molecular weight excluding hydrogens is 366 g/mol. The minimum atomic E-state index is -0.289. The van der Waals surface area contributed by atoms with Gasteiger partial charge in [0.1, 0.15) is 5.75 Å². The van der Waals surface area contributed by atoms with Crippen LogP contribution in [0.4, 0.5) is 5.69 Å². The van der Waals surface area contributed by atoms with Crippen molar-refractivity contribution in [1.29, 1.82) is 0 Å². The lowest BCUT2D eigenvalue weighted by Gasteiger charge is -2.15. The second kappa shape index (κ2) is 8.53. The van der Waals surface area contributed by atoms with E-state index >= 15 is 0 Å². The lowest BCUT2D eigenvalue weighted by molar-refractivity contribution is -0.118. The van der Waals surface area contributed by atoms with Crippen molar-refractivity contribution in [3.8, 4) is 17.2 Å². The number of aryl methyl sites for hydroxylation is 1. The number of rotatable bonds is 5. The van der Waals surface area contributed by atoms with E-state index in [1.54, 1.807) is 12.1 Å². The van der Waals surface area contributed by atoms with E-state index in [0.29, 0.717) is 41.3 Å². The van der Waals surface area contributed by atoms with Gasteiger partial charge in [-0.25, -0.2) is 0 Å². The van der Waals surface area contributed by atoms with Gasteiger partial charge in [0.05, 0.1) is 23.9 Å². The Kier molecular flexibility index (Phi) is 6.11. The Morgan fingerprint density at radius 1 is 1.19 bits per heavy atom. The Bertz CT molecular complexity index is 835. The summed E-state index contributed by atoms with van der Waals surface area (Å²) in [5, 5.41) is 3.18. The molecule has 0 unspecified atom stereocenters. The second-order valence-electron chi connectivity index (χ2n) is 6.86. The number of carbonyl (C=O) groups excluding carboxylic acids is 1. The van der Waals surface area contributed by atoms with Crippen LogP contribution in [-0.4, -0.2) is 25.7 Å². The Morgan fingerprint density at radius 2 is 1.89 bits per heavy atom. The van der Waals surface area contributed by atoms with E-state index in [2.05, 4.69) is 19.2 Å². The molecule has 2 aromatic carbocycles. The number of hydrogen-bond donors (Lipinski definition) is 1. The van der Waals surface area contributed by atoms with Gasteiger partial charge in [-0.05, 0) is 30.0 Å². The average molecular weight is 390 g/mol. The topological polar surface area (TPSA) is 56.8 Å². The number of nitrogens with one attached hydrogen (secondary N) is 1. The summed E-state index contributed by atoms with van der Waals surface area (Å²) in [6, 6.07) is 9.38. The molecule has 0 atom stereocenters. The molecule has 1 N–H and O–H groups in total. The highest BCUT2D eigenvalue weighted by atomic mass is 35.5. The van der Waals surface area contributed by atoms with Crippen molar-refractivity contribution in [3.05, 3.63) is 46.5 Å². The van der Waals surface area contributed by atoms with E-state index in [1.807, 2.05) is 25.1 Å². The maximum absolute atomic E-state index is 12.4. The fourth-order valence-electron chi connectivity index (χ4n) is 2.85. The molecule has 6 heteroatoms. The summed E-state index contributed by atoms with van der Waals surface area (Å²) in [5.74, 6) is 1.91. The van der Waals surface area contributed by atoms with Crippen molar-refractivity contribution in [2.75, 3.05) is 25.1 Å². The third kappa shape index (κ3) is 4.86. The number of hydrogen-bond acceptors (Lipinski definition) is 4. The van der Waals surface area contributed by atoms with E-state index in [-0.39, 0.29) is 12.5 Å². The smallest absolute Gasteiger partial charge is 0.262 e. The third-order valence-corrected chi connectivity index (χ3v) is 4.57. The number of benzene rings is 2. The van der Waals surface area contributed by atoms with Gasteiger partial charge in [0.25, 0.3) is 5.91 Å². The van der Waals surface area contributed by atoms with Crippen LogP contribution in [0.25, 0.3) is 0 Å². The fraction of sp³-hybridized carbons (Fsp3) is 0.381. The van der Waals surface area contributed by atoms with E-state index in [9.17, 15) is 4.79 Å². The van der Waals surface area contributed by atoms with E-state index < -0.39 is 0 Å². The van der Waals surface area contributed by atoms with E-state index in [4.69, 9.17) is 25.8 Å². The van der Waals surface area contributed by atoms with E-state index in [0.717, 1.165) is 23.3 Å². The molecule has 5 nitrogen and oxygen atoms in total. The number of ether oxygens (including phenoxy) is 3. The lowest BCUT2D eigenvalue weighted by Crippen LogP contribution is -2.21. The first-order valence-corrected chi connectivity index (χ1v) is 9.44.